The van der Waals surface area contributed by atoms with Crippen LogP contribution < -0.4 is 5.73 Å². The number of benzene rings is 2. The molecule has 0 aliphatic heterocycles. The molecule has 106 valence electrons. The minimum atomic E-state index is 0.0994. The molecule has 3 aromatic rings. The Kier molecular flexibility index (Phi) is 3.84. The fourth-order valence-electron chi connectivity index (χ4n) is 2.62. The van der Waals surface area contributed by atoms with Crippen molar-refractivity contribution in [1.29, 1.82) is 0 Å². The fraction of sp³-hybridized carbons (Fsp3) is 0.167. The zero-order valence-electron chi connectivity index (χ0n) is 12.1. The van der Waals surface area contributed by atoms with Gasteiger partial charge in [-0.1, -0.05) is 60.7 Å². The zero-order valence-corrected chi connectivity index (χ0v) is 12.1. The summed E-state index contributed by atoms with van der Waals surface area (Å²) in [7, 11) is 0. The molecule has 1 atom stereocenters. The third-order valence-corrected chi connectivity index (χ3v) is 3.72. The zero-order chi connectivity index (χ0) is 14.7. The van der Waals surface area contributed by atoms with Crippen LogP contribution in [0, 0.1) is 6.92 Å². The molecule has 0 bridgehead atoms. The van der Waals surface area contributed by atoms with E-state index in [1.54, 1.807) is 0 Å². The minimum Gasteiger partial charge on any atom is -0.345 e. The lowest BCUT2D eigenvalue weighted by atomic mass is 9.99. The summed E-state index contributed by atoms with van der Waals surface area (Å²) in [5.41, 5.74) is 10.4. The van der Waals surface area contributed by atoms with E-state index in [0.29, 0.717) is 6.54 Å². The van der Waals surface area contributed by atoms with Crippen LogP contribution in [0.15, 0.2) is 60.7 Å². The van der Waals surface area contributed by atoms with E-state index < -0.39 is 0 Å². The molecule has 0 saturated heterocycles. The topological polar surface area (TPSA) is 54.7 Å². The van der Waals surface area contributed by atoms with Crippen LogP contribution in [0.3, 0.4) is 0 Å². The highest BCUT2D eigenvalue weighted by Crippen LogP contribution is 2.26. The summed E-state index contributed by atoms with van der Waals surface area (Å²) in [6, 6.07) is 20.5. The van der Waals surface area contributed by atoms with Crippen LogP contribution in [0.4, 0.5) is 0 Å². The highest BCUT2D eigenvalue weighted by Gasteiger charge is 2.18. The molecule has 0 aliphatic rings. The summed E-state index contributed by atoms with van der Waals surface area (Å²) >= 11 is 0. The van der Waals surface area contributed by atoms with Gasteiger partial charge in [0.05, 0.1) is 11.6 Å². The van der Waals surface area contributed by atoms with Gasteiger partial charge in [-0.2, -0.15) is 0 Å². The number of nitrogens with one attached hydrogen (secondary N) is 1. The SMILES string of the molecule is Cc1[nH]c(C(CN)c2ccccc2)nc1-c1ccccc1. The molecule has 3 rings (SSSR count). The van der Waals surface area contributed by atoms with E-state index in [1.807, 2.05) is 36.4 Å². The molecule has 1 unspecified atom stereocenters. The molecule has 0 aliphatic carbocycles. The number of nitrogens with zero attached hydrogens (tertiary/aromatic N) is 1. The standard InChI is InChI=1S/C18H19N3/c1-13-17(15-10-6-3-7-11-15)21-18(20-13)16(12-19)14-8-4-2-5-9-14/h2-11,16H,12,19H2,1H3,(H,20,21). The summed E-state index contributed by atoms with van der Waals surface area (Å²) in [6.45, 7) is 2.59. The monoisotopic (exact) mass is 277 g/mol. The first-order valence-electron chi connectivity index (χ1n) is 7.16. The number of aromatic nitrogens is 2. The van der Waals surface area contributed by atoms with Crippen LogP contribution in [-0.4, -0.2) is 16.5 Å². The Balaban J connectivity index is 2.00. The van der Waals surface area contributed by atoms with Gasteiger partial charge in [-0.25, -0.2) is 4.98 Å². The van der Waals surface area contributed by atoms with Crippen LogP contribution in [0.5, 0.6) is 0 Å². The number of aryl methyl sites for hydroxylation is 1. The summed E-state index contributed by atoms with van der Waals surface area (Å²) in [6.07, 6.45) is 0. The van der Waals surface area contributed by atoms with E-state index >= 15 is 0 Å². The van der Waals surface area contributed by atoms with Crippen molar-refractivity contribution in [2.24, 2.45) is 5.73 Å². The van der Waals surface area contributed by atoms with Crippen molar-refractivity contribution in [2.45, 2.75) is 12.8 Å². The van der Waals surface area contributed by atoms with Gasteiger partial charge in [0.2, 0.25) is 0 Å². The second-order valence-electron chi connectivity index (χ2n) is 5.16. The molecule has 0 saturated carbocycles. The second kappa shape index (κ2) is 5.94. The van der Waals surface area contributed by atoms with E-state index in [4.69, 9.17) is 10.7 Å². The van der Waals surface area contributed by atoms with Crippen molar-refractivity contribution in [1.82, 2.24) is 9.97 Å². The molecule has 0 amide bonds. The maximum absolute atomic E-state index is 5.97. The lowest BCUT2D eigenvalue weighted by Crippen LogP contribution is -2.15. The van der Waals surface area contributed by atoms with Crippen molar-refractivity contribution < 1.29 is 0 Å². The first-order valence-corrected chi connectivity index (χ1v) is 7.16. The molecule has 3 nitrogen and oxygen atoms in total. The Bertz CT molecular complexity index is 702. The maximum atomic E-state index is 5.97. The molecule has 3 heteroatoms. The van der Waals surface area contributed by atoms with E-state index in [1.165, 1.54) is 5.56 Å². The van der Waals surface area contributed by atoms with Gasteiger partial charge in [0.1, 0.15) is 5.82 Å². The van der Waals surface area contributed by atoms with Gasteiger partial charge < -0.3 is 10.7 Å². The smallest absolute Gasteiger partial charge is 0.115 e. The van der Waals surface area contributed by atoms with E-state index in [0.717, 1.165) is 22.8 Å². The lowest BCUT2D eigenvalue weighted by molar-refractivity contribution is 0.764. The lowest BCUT2D eigenvalue weighted by Gasteiger charge is -2.12. The third kappa shape index (κ3) is 2.73. The Hall–Kier alpha value is -2.39. The van der Waals surface area contributed by atoms with Crippen molar-refractivity contribution in [3.05, 3.63) is 77.7 Å². The molecule has 3 N–H and O–H groups in total. The largest absolute Gasteiger partial charge is 0.345 e. The van der Waals surface area contributed by atoms with Gasteiger partial charge in [-0.05, 0) is 12.5 Å². The number of H-pyrrole nitrogens is 1. The number of hydrogen-bond donors (Lipinski definition) is 2. The van der Waals surface area contributed by atoms with Gasteiger partial charge in [0, 0.05) is 17.8 Å². The number of rotatable bonds is 4. The average Bonchev–Trinajstić information content (AvgIpc) is 2.92. The van der Waals surface area contributed by atoms with Crippen molar-refractivity contribution in [2.75, 3.05) is 6.54 Å². The normalized spacial score (nSPS) is 12.3. The maximum Gasteiger partial charge on any atom is 0.115 e. The van der Waals surface area contributed by atoms with Crippen LogP contribution in [-0.2, 0) is 0 Å². The van der Waals surface area contributed by atoms with Gasteiger partial charge in [-0.15, -0.1) is 0 Å². The van der Waals surface area contributed by atoms with Crippen LogP contribution >= 0.6 is 0 Å². The number of aromatic amines is 1. The average molecular weight is 277 g/mol. The molecule has 0 radical (unpaired) electrons. The molecule has 0 spiro atoms. The molecule has 1 heterocycles. The van der Waals surface area contributed by atoms with Crippen LogP contribution in [0.2, 0.25) is 0 Å². The fourth-order valence-corrected chi connectivity index (χ4v) is 2.62. The summed E-state index contributed by atoms with van der Waals surface area (Å²) in [5.74, 6) is 1.03. The summed E-state index contributed by atoms with van der Waals surface area (Å²) in [4.78, 5) is 8.19. The highest BCUT2D eigenvalue weighted by molar-refractivity contribution is 5.61. The summed E-state index contributed by atoms with van der Waals surface area (Å²) < 4.78 is 0. The molecular formula is C18H19N3. The predicted molar refractivity (Wildman–Crippen MR) is 86.1 cm³/mol. The first-order chi connectivity index (χ1) is 10.3. The van der Waals surface area contributed by atoms with E-state index in [9.17, 15) is 0 Å². The first kappa shape index (κ1) is 13.6. The second-order valence-corrected chi connectivity index (χ2v) is 5.16. The van der Waals surface area contributed by atoms with Crippen molar-refractivity contribution >= 4 is 0 Å². The molecule has 1 aromatic heterocycles. The predicted octanol–water partition coefficient (Wildman–Crippen LogP) is 3.48. The summed E-state index contributed by atoms with van der Waals surface area (Å²) in [5, 5.41) is 0. The van der Waals surface area contributed by atoms with Crippen LogP contribution in [0.25, 0.3) is 11.3 Å². The minimum absolute atomic E-state index is 0.0994. The van der Waals surface area contributed by atoms with Gasteiger partial charge in [0.25, 0.3) is 0 Å². The number of imidazole rings is 1. The van der Waals surface area contributed by atoms with Gasteiger partial charge >= 0.3 is 0 Å². The molecule has 2 aromatic carbocycles. The highest BCUT2D eigenvalue weighted by atomic mass is 14.9. The Morgan fingerprint density at radius 3 is 2.24 bits per heavy atom. The Morgan fingerprint density at radius 1 is 1.00 bits per heavy atom. The van der Waals surface area contributed by atoms with Gasteiger partial charge in [-0.3, -0.25) is 0 Å². The van der Waals surface area contributed by atoms with Crippen molar-refractivity contribution in [3.8, 4) is 11.3 Å². The number of hydrogen-bond acceptors (Lipinski definition) is 2. The quantitative estimate of drug-likeness (QED) is 0.767. The number of nitrogens with two attached hydrogens (primary N) is 1. The molecule has 0 fully saturated rings. The van der Waals surface area contributed by atoms with E-state index in [2.05, 4.69) is 36.2 Å². The molecule has 21 heavy (non-hydrogen) atoms. The Morgan fingerprint density at radius 2 is 1.62 bits per heavy atom. The Labute approximate surface area is 124 Å². The third-order valence-electron chi connectivity index (χ3n) is 3.72. The van der Waals surface area contributed by atoms with Gasteiger partial charge in [0.15, 0.2) is 0 Å². The van der Waals surface area contributed by atoms with Crippen molar-refractivity contribution in [3.63, 3.8) is 0 Å². The van der Waals surface area contributed by atoms with Crippen LogP contribution in [0.1, 0.15) is 23.0 Å². The van der Waals surface area contributed by atoms with E-state index in [-0.39, 0.29) is 5.92 Å². The molecular weight excluding hydrogens is 258 g/mol.